The SMILES string of the molecule is COc1cccc(OC)c1OCc1nc(C(=O)N2CCCCC2)cs1. The van der Waals surface area contributed by atoms with Crippen molar-refractivity contribution in [3.8, 4) is 17.2 Å². The van der Waals surface area contributed by atoms with Crippen LogP contribution in [0.2, 0.25) is 0 Å². The summed E-state index contributed by atoms with van der Waals surface area (Å²) in [5.41, 5.74) is 0.498. The fraction of sp³-hybridized carbons (Fsp3) is 0.444. The Labute approximate surface area is 151 Å². The van der Waals surface area contributed by atoms with E-state index >= 15 is 0 Å². The van der Waals surface area contributed by atoms with Crippen LogP contribution in [-0.2, 0) is 6.61 Å². The average molecular weight is 362 g/mol. The Bertz CT molecular complexity index is 703. The summed E-state index contributed by atoms with van der Waals surface area (Å²) in [6.45, 7) is 1.90. The number of hydrogen-bond donors (Lipinski definition) is 0. The first-order valence-corrected chi connectivity index (χ1v) is 9.18. The van der Waals surface area contributed by atoms with Crippen LogP contribution < -0.4 is 14.2 Å². The highest BCUT2D eigenvalue weighted by atomic mass is 32.1. The van der Waals surface area contributed by atoms with Gasteiger partial charge in [0.2, 0.25) is 5.75 Å². The zero-order chi connectivity index (χ0) is 17.6. The molecule has 1 fully saturated rings. The number of likely N-dealkylation sites (tertiary alicyclic amines) is 1. The van der Waals surface area contributed by atoms with Gasteiger partial charge in [-0.2, -0.15) is 0 Å². The second-order valence-electron chi connectivity index (χ2n) is 5.76. The van der Waals surface area contributed by atoms with E-state index in [1.165, 1.54) is 17.8 Å². The highest BCUT2D eigenvalue weighted by molar-refractivity contribution is 7.09. The first-order chi connectivity index (χ1) is 12.2. The lowest BCUT2D eigenvalue weighted by atomic mass is 10.1. The summed E-state index contributed by atoms with van der Waals surface area (Å²) >= 11 is 1.42. The Morgan fingerprint density at radius 2 is 1.84 bits per heavy atom. The van der Waals surface area contributed by atoms with Gasteiger partial charge in [0.25, 0.3) is 5.91 Å². The Morgan fingerprint density at radius 3 is 2.48 bits per heavy atom. The van der Waals surface area contributed by atoms with Crippen molar-refractivity contribution in [1.82, 2.24) is 9.88 Å². The lowest BCUT2D eigenvalue weighted by molar-refractivity contribution is 0.0719. The van der Waals surface area contributed by atoms with Crippen molar-refractivity contribution in [1.29, 1.82) is 0 Å². The molecule has 1 aliphatic rings. The molecule has 0 bridgehead atoms. The van der Waals surface area contributed by atoms with E-state index < -0.39 is 0 Å². The maximum atomic E-state index is 12.5. The minimum atomic E-state index is 0.0112. The number of methoxy groups -OCH3 is 2. The number of para-hydroxylation sites is 1. The number of carbonyl (C=O) groups is 1. The van der Waals surface area contributed by atoms with E-state index in [-0.39, 0.29) is 12.5 Å². The van der Waals surface area contributed by atoms with Gasteiger partial charge in [-0.1, -0.05) is 6.07 Å². The topological polar surface area (TPSA) is 60.9 Å². The summed E-state index contributed by atoms with van der Waals surface area (Å²) in [5, 5.41) is 2.54. The van der Waals surface area contributed by atoms with Gasteiger partial charge in [0.05, 0.1) is 14.2 Å². The van der Waals surface area contributed by atoms with Gasteiger partial charge < -0.3 is 19.1 Å². The van der Waals surface area contributed by atoms with Gasteiger partial charge in [-0.3, -0.25) is 4.79 Å². The first kappa shape index (κ1) is 17.5. The minimum absolute atomic E-state index is 0.0112. The highest BCUT2D eigenvalue weighted by Gasteiger charge is 2.21. The second-order valence-corrected chi connectivity index (χ2v) is 6.70. The van der Waals surface area contributed by atoms with Crippen LogP contribution in [0.4, 0.5) is 0 Å². The van der Waals surface area contributed by atoms with Crippen LogP contribution in [-0.4, -0.2) is 43.1 Å². The predicted octanol–water partition coefficient (Wildman–Crippen LogP) is 3.37. The Morgan fingerprint density at radius 1 is 1.16 bits per heavy atom. The summed E-state index contributed by atoms with van der Waals surface area (Å²) in [6, 6.07) is 5.46. The molecule has 0 N–H and O–H groups in total. The van der Waals surface area contributed by atoms with Crippen molar-refractivity contribution >= 4 is 17.2 Å². The molecule has 134 valence electrons. The monoisotopic (exact) mass is 362 g/mol. The second kappa shape index (κ2) is 8.20. The molecule has 1 saturated heterocycles. The average Bonchev–Trinajstić information content (AvgIpc) is 3.15. The Balaban J connectivity index is 1.67. The van der Waals surface area contributed by atoms with Gasteiger partial charge in [0.15, 0.2) is 11.5 Å². The van der Waals surface area contributed by atoms with Gasteiger partial charge in [-0.15, -0.1) is 11.3 Å². The maximum Gasteiger partial charge on any atom is 0.273 e. The third-order valence-electron chi connectivity index (χ3n) is 4.14. The quantitative estimate of drug-likeness (QED) is 0.788. The number of amides is 1. The molecular weight excluding hydrogens is 340 g/mol. The molecule has 1 aliphatic heterocycles. The summed E-state index contributed by atoms with van der Waals surface area (Å²) in [6.07, 6.45) is 3.33. The van der Waals surface area contributed by atoms with Crippen LogP contribution in [0.1, 0.15) is 34.8 Å². The van der Waals surface area contributed by atoms with Gasteiger partial charge >= 0.3 is 0 Å². The lowest BCUT2D eigenvalue weighted by Gasteiger charge is -2.25. The smallest absolute Gasteiger partial charge is 0.273 e. The van der Waals surface area contributed by atoms with Crippen LogP contribution >= 0.6 is 11.3 Å². The number of benzene rings is 1. The van der Waals surface area contributed by atoms with Crippen molar-refractivity contribution in [3.05, 3.63) is 34.3 Å². The van der Waals surface area contributed by atoms with Gasteiger partial charge in [0.1, 0.15) is 17.3 Å². The molecule has 6 nitrogen and oxygen atoms in total. The minimum Gasteiger partial charge on any atom is -0.493 e. The van der Waals surface area contributed by atoms with Crippen LogP contribution in [0.5, 0.6) is 17.2 Å². The molecule has 0 radical (unpaired) electrons. The zero-order valence-electron chi connectivity index (χ0n) is 14.5. The van der Waals surface area contributed by atoms with E-state index in [1.54, 1.807) is 19.6 Å². The molecule has 0 spiro atoms. The van der Waals surface area contributed by atoms with Crippen molar-refractivity contribution < 1.29 is 19.0 Å². The van der Waals surface area contributed by atoms with Crippen LogP contribution in [0.25, 0.3) is 0 Å². The number of hydrogen-bond acceptors (Lipinski definition) is 6. The summed E-state index contributed by atoms with van der Waals surface area (Å²) < 4.78 is 16.5. The molecule has 0 atom stereocenters. The molecule has 0 aliphatic carbocycles. The van der Waals surface area contributed by atoms with Gasteiger partial charge in [-0.05, 0) is 31.4 Å². The molecule has 1 amide bonds. The van der Waals surface area contributed by atoms with Crippen LogP contribution in [0, 0.1) is 0 Å². The van der Waals surface area contributed by atoms with E-state index in [2.05, 4.69) is 4.98 Å². The third kappa shape index (κ3) is 4.04. The van der Waals surface area contributed by atoms with Crippen molar-refractivity contribution in [2.75, 3.05) is 27.3 Å². The molecule has 2 heterocycles. The summed E-state index contributed by atoms with van der Waals surface area (Å²) in [5.74, 6) is 1.74. The molecule has 2 aromatic rings. The van der Waals surface area contributed by atoms with E-state index in [1.807, 2.05) is 23.1 Å². The lowest BCUT2D eigenvalue weighted by Crippen LogP contribution is -2.35. The Hall–Kier alpha value is -2.28. The number of rotatable bonds is 6. The molecular formula is C18H22N2O4S. The number of nitrogens with zero attached hydrogens (tertiary/aromatic N) is 2. The standard InChI is InChI=1S/C18H22N2O4S/c1-22-14-7-6-8-15(23-2)17(14)24-11-16-19-13(12-25-16)18(21)20-9-4-3-5-10-20/h6-8,12H,3-5,9-11H2,1-2H3. The number of thiazole rings is 1. The normalized spacial score (nSPS) is 14.2. The van der Waals surface area contributed by atoms with E-state index in [9.17, 15) is 4.79 Å². The van der Waals surface area contributed by atoms with Crippen molar-refractivity contribution in [3.63, 3.8) is 0 Å². The fourth-order valence-electron chi connectivity index (χ4n) is 2.83. The fourth-order valence-corrected chi connectivity index (χ4v) is 3.51. The van der Waals surface area contributed by atoms with Crippen LogP contribution in [0.3, 0.4) is 0 Å². The van der Waals surface area contributed by atoms with E-state index in [4.69, 9.17) is 14.2 Å². The van der Waals surface area contributed by atoms with E-state index in [0.29, 0.717) is 22.9 Å². The molecule has 7 heteroatoms. The van der Waals surface area contributed by atoms with E-state index in [0.717, 1.165) is 30.9 Å². The number of carbonyl (C=O) groups excluding carboxylic acids is 1. The molecule has 3 rings (SSSR count). The Kier molecular flexibility index (Phi) is 5.75. The number of ether oxygens (including phenoxy) is 3. The largest absolute Gasteiger partial charge is 0.493 e. The number of aromatic nitrogens is 1. The predicted molar refractivity (Wildman–Crippen MR) is 95.7 cm³/mol. The van der Waals surface area contributed by atoms with Gasteiger partial charge in [-0.25, -0.2) is 4.98 Å². The summed E-state index contributed by atoms with van der Waals surface area (Å²) in [4.78, 5) is 18.8. The molecule has 1 aromatic carbocycles. The van der Waals surface area contributed by atoms with Crippen molar-refractivity contribution in [2.24, 2.45) is 0 Å². The molecule has 1 aromatic heterocycles. The van der Waals surface area contributed by atoms with Gasteiger partial charge in [0, 0.05) is 18.5 Å². The van der Waals surface area contributed by atoms with Crippen LogP contribution in [0.15, 0.2) is 23.6 Å². The molecule has 0 unspecified atom stereocenters. The molecule has 0 saturated carbocycles. The molecule has 25 heavy (non-hydrogen) atoms. The summed E-state index contributed by atoms with van der Waals surface area (Å²) in [7, 11) is 3.17. The first-order valence-electron chi connectivity index (χ1n) is 8.30. The van der Waals surface area contributed by atoms with Crippen molar-refractivity contribution in [2.45, 2.75) is 25.9 Å². The zero-order valence-corrected chi connectivity index (χ0v) is 15.3. The number of piperidine rings is 1. The third-order valence-corrected chi connectivity index (χ3v) is 4.96. The highest BCUT2D eigenvalue weighted by Crippen LogP contribution is 2.37. The maximum absolute atomic E-state index is 12.5.